The Morgan fingerprint density at radius 3 is 2.66 bits per heavy atom. The van der Waals surface area contributed by atoms with E-state index in [1.54, 1.807) is 17.6 Å². The monoisotopic (exact) mass is 477 g/mol. The lowest BCUT2D eigenvalue weighted by Gasteiger charge is -2.41. The van der Waals surface area contributed by atoms with Gasteiger partial charge in [0.25, 0.3) is 0 Å². The molecule has 4 rings (SSSR count). The molecule has 6 nitrogen and oxygen atoms in total. The number of rotatable bonds is 6. The smallest absolute Gasteiger partial charge is 0.328 e. The van der Waals surface area contributed by atoms with Crippen LogP contribution in [-0.4, -0.2) is 45.5 Å². The molecular formula is C22H18ClF2N3O3S. The molecule has 0 saturated carbocycles. The van der Waals surface area contributed by atoms with Crippen molar-refractivity contribution in [3.05, 3.63) is 81.7 Å². The highest BCUT2D eigenvalue weighted by Gasteiger charge is 2.47. The van der Waals surface area contributed by atoms with Gasteiger partial charge in [-0.15, -0.1) is 11.8 Å². The Hall–Kier alpha value is -2.91. The molecule has 0 bridgehead atoms. The number of nitrogens with one attached hydrogen (secondary N) is 1. The van der Waals surface area contributed by atoms with E-state index in [4.69, 9.17) is 11.6 Å². The van der Waals surface area contributed by atoms with Gasteiger partial charge in [-0.2, -0.15) is 0 Å². The van der Waals surface area contributed by atoms with Crippen LogP contribution in [0, 0.1) is 11.6 Å². The number of fused-ring (bicyclic) bond motifs is 1. The molecule has 32 heavy (non-hydrogen) atoms. The molecule has 1 N–H and O–H groups in total. The molecule has 0 spiro atoms. The summed E-state index contributed by atoms with van der Waals surface area (Å²) in [6.07, 6.45) is 1.71. The molecule has 0 aromatic heterocycles. The van der Waals surface area contributed by atoms with Gasteiger partial charge >= 0.3 is 6.03 Å². The van der Waals surface area contributed by atoms with E-state index in [1.165, 1.54) is 53.1 Å². The van der Waals surface area contributed by atoms with E-state index < -0.39 is 40.8 Å². The van der Waals surface area contributed by atoms with Crippen LogP contribution in [0.1, 0.15) is 11.1 Å². The Kier molecular flexibility index (Phi) is 6.48. The third kappa shape index (κ3) is 4.49. The van der Waals surface area contributed by atoms with Crippen LogP contribution >= 0.6 is 23.4 Å². The fraction of sp³-hybridized carbons (Fsp3) is 0.227. The zero-order valence-corrected chi connectivity index (χ0v) is 18.2. The maximum Gasteiger partial charge on any atom is 0.328 e. The fourth-order valence-corrected chi connectivity index (χ4v) is 4.84. The minimum atomic E-state index is -0.661. The van der Waals surface area contributed by atoms with Crippen molar-refractivity contribution in [3.63, 3.8) is 0 Å². The van der Waals surface area contributed by atoms with Crippen LogP contribution in [0.15, 0.2) is 53.9 Å². The SMILES string of the molecule is O=C(CN1C(=O)N(Cc2ccccc2F)C(=O)C2SC=CC21)NCc1ccc(F)c(Cl)c1. The first-order valence-corrected chi connectivity index (χ1v) is 11.1. The second kappa shape index (κ2) is 9.30. The van der Waals surface area contributed by atoms with Gasteiger partial charge in [0.15, 0.2) is 0 Å². The zero-order valence-electron chi connectivity index (χ0n) is 16.6. The highest BCUT2D eigenvalue weighted by atomic mass is 35.5. The molecule has 10 heteroatoms. The summed E-state index contributed by atoms with van der Waals surface area (Å²) < 4.78 is 27.4. The molecule has 2 aromatic rings. The number of urea groups is 1. The highest BCUT2D eigenvalue weighted by Crippen LogP contribution is 2.35. The van der Waals surface area contributed by atoms with Crippen molar-refractivity contribution in [3.8, 4) is 0 Å². The number of hydrogen-bond donors (Lipinski definition) is 1. The average molecular weight is 478 g/mol. The van der Waals surface area contributed by atoms with Crippen molar-refractivity contribution in [2.75, 3.05) is 6.54 Å². The molecule has 0 radical (unpaired) electrons. The fourth-order valence-electron chi connectivity index (χ4n) is 3.57. The second-order valence-electron chi connectivity index (χ2n) is 7.33. The summed E-state index contributed by atoms with van der Waals surface area (Å²) in [4.78, 5) is 40.8. The quantitative estimate of drug-likeness (QED) is 0.689. The first kappa shape index (κ1) is 22.3. The number of halogens is 3. The predicted octanol–water partition coefficient (Wildman–Crippen LogP) is 3.70. The number of amides is 4. The lowest BCUT2D eigenvalue weighted by atomic mass is 10.1. The van der Waals surface area contributed by atoms with Crippen molar-refractivity contribution < 1.29 is 23.2 Å². The van der Waals surface area contributed by atoms with Crippen LogP contribution < -0.4 is 5.32 Å². The molecule has 2 unspecified atom stereocenters. The second-order valence-corrected chi connectivity index (χ2v) is 8.79. The third-order valence-electron chi connectivity index (χ3n) is 5.23. The Morgan fingerprint density at radius 1 is 1.12 bits per heavy atom. The molecule has 2 atom stereocenters. The van der Waals surface area contributed by atoms with E-state index in [0.717, 1.165) is 4.90 Å². The van der Waals surface area contributed by atoms with Gasteiger partial charge in [-0.3, -0.25) is 14.5 Å². The Labute approximate surface area is 192 Å². The Morgan fingerprint density at radius 2 is 1.91 bits per heavy atom. The normalized spacial score (nSPS) is 20.0. The van der Waals surface area contributed by atoms with Gasteiger partial charge in [-0.1, -0.05) is 41.9 Å². The predicted molar refractivity (Wildman–Crippen MR) is 117 cm³/mol. The topological polar surface area (TPSA) is 69.7 Å². The van der Waals surface area contributed by atoms with E-state index in [9.17, 15) is 23.2 Å². The number of carbonyl (C=O) groups is 3. The van der Waals surface area contributed by atoms with Crippen LogP contribution in [0.2, 0.25) is 5.02 Å². The van der Waals surface area contributed by atoms with Gasteiger partial charge < -0.3 is 10.2 Å². The number of hydrogen-bond acceptors (Lipinski definition) is 4. The molecular weight excluding hydrogens is 460 g/mol. The summed E-state index contributed by atoms with van der Waals surface area (Å²) in [5, 5.41) is 3.74. The van der Waals surface area contributed by atoms with E-state index >= 15 is 0 Å². The standard InChI is InChI=1S/C22H18ClF2N3O3S/c23-15-9-13(5-6-17(15)25)10-26-19(29)12-27-18-7-8-32-20(18)21(30)28(22(27)31)11-14-3-1-2-4-16(14)24/h1-9,18,20H,10-12H2,(H,26,29). The minimum Gasteiger partial charge on any atom is -0.350 e. The molecule has 2 aromatic carbocycles. The van der Waals surface area contributed by atoms with E-state index in [0.29, 0.717) is 5.56 Å². The summed E-state index contributed by atoms with van der Waals surface area (Å²) in [6.45, 7) is -0.418. The highest BCUT2D eigenvalue weighted by molar-refractivity contribution is 8.03. The summed E-state index contributed by atoms with van der Waals surface area (Å²) in [5.74, 6) is -1.95. The molecule has 2 aliphatic rings. The van der Waals surface area contributed by atoms with Gasteiger partial charge in [0.05, 0.1) is 17.6 Å². The third-order valence-corrected chi connectivity index (χ3v) is 6.61. The summed E-state index contributed by atoms with van der Waals surface area (Å²) in [6, 6.07) is 8.79. The maximum absolute atomic E-state index is 14.1. The van der Waals surface area contributed by atoms with Crippen molar-refractivity contribution in [2.45, 2.75) is 24.4 Å². The molecule has 1 fully saturated rings. The number of carbonyl (C=O) groups excluding carboxylic acids is 3. The summed E-state index contributed by atoms with van der Waals surface area (Å²) in [5.41, 5.74) is 0.807. The molecule has 4 amide bonds. The van der Waals surface area contributed by atoms with Gasteiger partial charge in [-0.25, -0.2) is 13.6 Å². The van der Waals surface area contributed by atoms with Crippen molar-refractivity contribution in [2.24, 2.45) is 0 Å². The maximum atomic E-state index is 14.1. The van der Waals surface area contributed by atoms with Crippen LogP contribution in [0.5, 0.6) is 0 Å². The Bertz CT molecular complexity index is 1110. The van der Waals surface area contributed by atoms with Crippen LogP contribution in [0.25, 0.3) is 0 Å². The number of nitrogens with zero attached hydrogens (tertiary/aromatic N) is 2. The van der Waals surface area contributed by atoms with Crippen LogP contribution in [0.3, 0.4) is 0 Å². The zero-order chi connectivity index (χ0) is 22.8. The van der Waals surface area contributed by atoms with Crippen molar-refractivity contribution in [1.29, 1.82) is 0 Å². The minimum absolute atomic E-state index is 0.0544. The van der Waals surface area contributed by atoms with Gasteiger partial charge in [0.1, 0.15) is 23.4 Å². The Balaban J connectivity index is 1.47. The first-order valence-electron chi connectivity index (χ1n) is 9.73. The van der Waals surface area contributed by atoms with Gasteiger partial charge in [-0.05, 0) is 29.2 Å². The summed E-state index contributed by atoms with van der Waals surface area (Å²) >= 11 is 7.02. The largest absolute Gasteiger partial charge is 0.350 e. The average Bonchev–Trinajstić information content (AvgIpc) is 3.26. The lowest BCUT2D eigenvalue weighted by molar-refractivity contribution is -0.133. The van der Waals surface area contributed by atoms with E-state index in [2.05, 4.69) is 5.32 Å². The number of imide groups is 1. The van der Waals surface area contributed by atoms with Crippen molar-refractivity contribution >= 4 is 41.2 Å². The lowest BCUT2D eigenvalue weighted by Crippen LogP contribution is -2.62. The number of benzene rings is 2. The first-order chi connectivity index (χ1) is 15.3. The molecule has 0 aliphatic carbocycles. The van der Waals surface area contributed by atoms with Crippen molar-refractivity contribution in [1.82, 2.24) is 15.1 Å². The number of thioether (sulfide) groups is 1. The van der Waals surface area contributed by atoms with Gasteiger partial charge in [0, 0.05) is 12.1 Å². The van der Waals surface area contributed by atoms with E-state index in [1.807, 2.05) is 0 Å². The van der Waals surface area contributed by atoms with E-state index in [-0.39, 0.29) is 30.2 Å². The molecule has 166 valence electrons. The van der Waals surface area contributed by atoms with Gasteiger partial charge in [0.2, 0.25) is 11.8 Å². The molecule has 1 saturated heterocycles. The van der Waals surface area contributed by atoms with Crippen LogP contribution in [0.4, 0.5) is 13.6 Å². The molecule has 2 aliphatic heterocycles. The molecule has 2 heterocycles. The summed E-state index contributed by atoms with van der Waals surface area (Å²) in [7, 11) is 0. The van der Waals surface area contributed by atoms with Crippen LogP contribution in [-0.2, 0) is 22.7 Å².